The first-order chi connectivity index (χ1) is 34.8. The third-order valence-corrected chi connectivity index (χ3v) is 19.5. The summed E-state index contributed by atoms with van der Waals surface area (Å²) >= 11 is 0. The average Bonchev–Trinajstić information content (AvgIpc) is 4.08. The van der Waals surface area contributed by atoms with Crippen LogP contribution in [0.5, 0.6) is 0 Å². The molecule has 3 heterocycles. The maximum atomic E-state index is 2.52. The second-order valence-corrected chi connectivity index (χ2v) is 22.2. The Hall–Kier alpha value is -8.96. The third-order valence-electron chi connectivity index (χ3n) is 14.8. The monoisotopic (exact) mass is 907 g/mol. The summed E-state index contributed by atoms with van der Waals surface area (Å²) in [5, 5.41) is 12.8. The number of rotatable bonds is 8. The van der Waals surface area contributed by atoms with Crippen molar-refractivity contribution in [3.63, 3.8) is 0 Å². The summed E-state index contributed by atoms with van der Waals surface area (Å²) in [6, 6.07) is 101. The number of benzene rings is 11. The minimum Gasteiger partial charge on any atom is -0.309 e. The number of fused-ring (bicyclic) bond motifs is 9. The van der Waals surface area contributed by atoms with E-state index in [1.807, 2.05) is 0 Å². The van der Waals surface area contributed by atoms with Crippen molar-refractivity contribution in [2.24, 2.45) is 0 Å². The Labute approximate surface area is 407 Å². The molecule has 0 radical (unpaired) electrons. The quantitative estimate of drug-likeness (QED) is 0.107. The Kier molecular flexibility index (Phi) is 9.23. The molecule has 3 nitrogen and oxygen atoms in total. The molecule has 0 aliphatic heterocycles. The van der Waals surface area contributed by atoms with Gasteiger partial charge in [0.1, 0.15) is 0 Å². The number of nitrogens with zero attached hydrogens (tertiary/aromatic N) is 3. The van der Waals surface area contributed by atoms with Gasteiger partial charge in [-0.1, -0.05) is 200 Å². The summed E-state index contributed by atoms with van der Waals surface area (Å²) in [6.07, 6.45) is 0. The zero-order chi connectivity index (χ0) is 46.2. The van der Waals surface area contributed by atoms with Crippen LogP contribution in [0.2, 0.25) is 0 Å². The number of para-hydroxylation sites is 4. The van der Waals surface area contributed by atoms with Crippen molar-refractivity contribution in [1.29, 1.82) is 0 Å². The molecule has 14 rings (SSSR count). The Balaban J connectivity index is 0.987. The summed E-state index contributed by atoms with van der Waals surface area (Å²) in [4.78, 5) is 0. The highest BCUT2D eigenvalue weighted by Gasteiger charge is 2.41. The molecule has 0 saturated carbocycles. The van der Waals surface area contributed by atoms with Crippen LogP contribution < -0.4 is 20.7 Å². The van der Waals surface area contributed by atoms with Crippen LogP contribution in [-0.2, 0) is 0 Å². The number of aromatic nitrogens is 3. The van der Waals surface area contributed by atoms with Gasteiger partial charge in [0.05, 0.1) is 38.8 Å². The SMILES string of the molecule is c1ccc(-n2c3ccccc3c3cc(-c4ccc5c6ccccc6n(-c6cccc7c6c6ccccc6n7-c6cccc([Si](c7ccccc7)(c7ccccc7)c7ccccc7)c6)c5c4)ccc32)cc1. The first-order valence-corrected chi connectivity index (χ1v) is 26.2. The highest BCUT2D eigenvalue weighted by atomic mass is 28.3. The van der Waals surface area contributed by atoms with E-state index in [-0.39, 0.29) is 0 Å². The molecule has 328 valence electrons. The van der Waals surface area contributed by atoms with Crippen molar-refractivity contribution in [3.05, 3.63) is 273 Å². The van der Waals surface area contributed by atoms with Gasteiger partial charge in [-0.25, -0.2) is 0 Å². The van der Waals surface area contributed by atoms with Gasteiger partial charge >= 0.3 is 0 Å². The van der Waals surface area contributed by atoms with Gasteiger partial charge in [0.2, 0.25) is 0 Å². The fourth-order valence-corrected chi connectivity index (χ4v) is 16.6. The molecule has 0 N–H and O–H groups in total. The van der Waals surface area contributed by atoms with Crippen molar-refractivity contribution in [2.45, 2.75) is 0 Å². The molecular weight excluding hydrogens is 863 g/mol. The second kappa shape index (κ2) is 16.1. The lowest BCUT2D eigenvalue weighted by molar-refractivity contribution is 1.17. The minimum atomic E-state index is -2.79. The predicted octanol–water partition coefficient (Wildman–Crippen LogP) is 14.0. The van der Waals surface area contributed by atoms with Crippen molar-refractivity contribution >= 4 is 94.2 Å². The van der Waals surface area contributed by atoms with Crippen molar-refractivity contribution in [1.82, 2.24) is 13.7 Å². The van der Waals surface area contributed by atoms with E-state index in [4.69, 9.17) is 0 Å². The van der Waals surface area contributed by atoms with Crippen LogP contribution >= 0.6 is 0 Å². The van der Waals surface area contributed by atoms with Crippen LogP contribution in [0, 0.1) is 0 Å². The summed E-state index contributed by atoms with van der Waals surface area (Å²) in [6.45, 7) is 0. The van der Waals surface area contributed by atoms with Gasteiger partial charge in [-0.2, -0.15) is 0 Å². The van der Waals surface area contributed by atoms with Gasteiger partial charge in [-0.15, -0.1) is 0 Å². The lowest BCUT2D eigenvalue weighted by Gasteiger charge is -2.34. The van der Waals surface area contributed by atoms with Crippen molar-refractivity contribution in [3.8, 4) is 28.2 Å². The molecule has 0 atom stereocenters. The van der Waals surface area contributed by atoms with E-state index in [2.05, 4.69) is 287 Å². The smallest absolute Gasteiger partial charge is 0.179 e. The Bertz CT molecular complexity index is 4180. The number of hydrogen-bond acceptors (Lipinski definition) is 0. The number of hydrogen-bond donors (Lipinski definition) is 0. The Morgan fingerprint density at radius 3 is 1.31 bits per heavy atom. The highest BCUT2D eigenvalue weighted by molar-refractivity contribution is 7.19. The van der Waals surface area contributed by atoms with E-state index in [0.29, 0.717) is 0 Å². The van der Waals surface area contributed by atoms with Gasteiger partial charge < -0.3 is 13.7 Å². The van der Waals surface area contributed by atoms with Gasteiger partial charge in [-0.3, -0.25) is 0 Å². The molecule has 0 bridgehead atoms. The second-order valence-electron chi connectivity index (χ2n) is 18.4. The van der Waals surface area contributed by atoms with Gasteiger partial charge in [0, 0.05) is 43.7 Å². The first-order valence-electron chi connectivity index (χ1n) is 24.2. The molecule has 0 fully saturated rings. The minimum absolute atomic E-state index is 1.15. The van der Waals surface area contributed by atoms with E-state index < -0.39 is 8.07 Å². The molecule has 0 amide bonds. The largest absolute Gasteiger partial charge is 0.309 e. The maximum Gasteiger partial charge on any atom is 0.179 e. The third kappa shape index (κ3) is 6.00. The van der Waals surface area contributed by atoms with Crippen LogP contribution in [0.3, 0.4) is 0 Å². The van der Waals surface area contributed by atoms with E-state index in [1.54, 1.807) is 0 Å². The molecule has 11 aromatic carbocycles. The lowest BCUT2D eigenvalue weighted by Crippen LogP contribution is -2.74. The average molecular weight is 908 g/mol. The lowest BCUT2D eigenvalue weighted by atomic mass is 10.0. The molecule has 3 aromatic heterocycles. The van der Waals surface area contributed by atoms with Crippen LogP contribution in [0.4, 0.5) is 0 Å². The van der Waals surface area contributed by atoms with E-state index in [9.17, 15) is 0 Å². The topological polar surface area (TPSA) is 14.8 Å². The standard InChI is InChI=1S/C66H45N3Si/c1-5-21-48(22-6-1)67-59-34-16-14-32-55(59)58-43-46(40-42-62(58)67)47-39-41-56-54-31-13-17-35-60(54)69(65(56)44-47)64-38-20-37-63-66(64)57-33-15-18-36-61(57)68(63)49-23-19-30-53(45-49)70(50-24-7-2-8-25-50,51-26-9-3-10-27-51)52-28-11-4-12-29-52/h1-45H. The van der Waals surface area contributed by atoms with E-state index in [0.717, 1.165) is 17.1 Å². The van der Waals surface area contributed by atoms with Crippen LogP contribution in [0.1, 0.15) is 0 Å². The fraction of sp³-hybridized carbons (Fsp3) is 0. The Morgan fingerprint density at radius 1 is 0.229 bits per heavy atom. The summed E-state index contributed by atoms with van der Waals surface area (Å²) < 4.78 is 7.40. The van der Waals surface area contributed by atoms with Gasteiger partial charge in [0.25, 0.3) is 0 Å². The summed E-state index contributed by atoms with van der Waals surface area (Å²) in [5.74, 6) is 0. The molecule has 14 aromatic rings. The molecule has 0 aliphatic carbocycles. The molecule has 0 aliphatic rings. The van der Waals surface area contributed by atoms with Crippen LogP contribution in [-0.4, -0.2) is 21.8 Å². The molecule has 0 saturated heterocycles. The normalized spacial score (nSPS) is 12.0. The molecule has 4 heteroatoms. The van der Waals surface area contributed by atoms with Crippen molar-refractivity contribution < 1.29 is 0 Å². The molecule has 0 unspecified atom stereocenters. The van der Waals surface area contributed by atoms with E-state index >= 15 is 0 Å². The van der Waals surface area contributed by atoms with Gasteiger partial charge in [-0.05, 0) is 105 Å². The van der Waals surface area contributed by atoms with Crippen molar-refractivity contribution in [2.75, 3.05) is 0 Å². The zero-order valence-electron chi connectivity index (χ0n) is 38.3. The molecule has 70 heavy (non-hydrogen) atoms. The van der Waals surface area contributed by atoms with Crippen LogP contribution in [0.15, 0.2) is 273 Å². The predicted molar refractivity (Wildman–Crippen MR) is 299 cm³/mol. The summed E-state index contributed by atoms with van der Waals surface area (Å²) in [5.41, 5.74) is 13.0. The maximum absolute atomic E-state index is 2.79. The molecule has 0 spiro atoms. The van der Waals surface area contributed by atoms with Crippen LogP contribution in [0.25, 0.3) is 93.6 Å². The van der Waals surface area contributed by atoms with Gasteiger partial charge in [0.15, 0.2) is 8.07 Å². The Morgan fingerprint density at radius 2 is 0.657 bits per heavy atom. The fourth-order valence-electron chi connectivity index (χ4n) is 11.8. The zero-order valence-corrected chi connectivity index (χ0v) is 39.3. The summed E-state index contributed by atoms with van der Waals surface area (Å²) in [7, 11) is -2.79. The highest BCUT2D eigenvalue weighted by Crippen LogP contribution is 2.42. The van der Waals surface area contributed by atoms with E-state index in [1.165, 1.54) is 97.3 Å². The molecular formula is C66H45N3Si. The first kappa shape index (κ1) is 40.1.